The van der Waals surface area contributed by atoms with E-state index in [2.05, 4.69) is 29.8 Å². The summed E-state index contributed by atoms with van der Waals surface area (Å²) >= 11 is 3.59. The lowest BCUT2D eigenvalue weighted by atomic mass is 9.93. The van der Waals surface area contributed by atoms with E-state index in [0.29, 0.717) is 12.3 Å². The van der Waals surface area contributed by atoms with E-state index in [9.17, 15) is 5.11 Å². The lowest BCUT2D eigenvalue weighted by Crippen LogP contribution is -2.08. The molecule has 1 unspecified atom stereocenters. The standard InChI is InChI=1S/C13H17BrO3/c1-7(2)11-9(4-8(3)15)5-10-13(12(11)14)17-6-16-10/h5,7-8,15H,4,6H2,1-3H3. The second-order valence-electron chi connectivity index (χ2n) is 4.70. The normalized spacial score (nSPS) is 15.4. The molecule has 0 saturated heterocycles. The molecule has 17 heavy (non-hydrogen) atoms. The summed E-state index contributed by atoms with van der Waals surface area (Å²) in [6, 6.07) is 1.98. The SMILES string of the molecule is CC(O)Cc1cc2c(c(Br)c1C(C)C)OCO2. The maximum Gasteiger partial charge on any atom is 0.231 e. The van der Waals surface area contributed by atoms with Gasteiger partial charge in [-0.05, 0) is 52.4 Å². The Morgan fingerprint density at radius 1 is 1.35 bits per heavy atom. The van der Waals surface area contributed by atoms with E-state index in [0.717, 1.165) is 21.5 Å². The Morgan fingerprint density at radius 3 is 2.65 bits per heavy atom. The minimum Gasteiger partial charge on any atom is -0.454 e. The molecule has 1 aromatic carbocycles. The van der Waals surface area contributed by atoms with Crippen molar-refractivity contribution in [2.24, 2.45) is 0 Å². The fourth-order valence-electron chi connectivity index (χ4n) is 2.18. The van der Waals surface area contributed by atoms with Crippen molar-refractivity contribution in [1.29, 1.82) is 0 Å². The molecule has 2 rings (SSSR count). The van der Waals surface area contributed by atoms with Gasteiger partial charge in [0.2, 0.25) is 6.79 Å². The molecule has 1 heterocycles. The van der Waals surface area contributed by atoms with Crippen molar-refractivity contribution in [2.45, 2.75) is 39.2 Å². The van der Waals surface area contributed by atoms with Gasteiger partial charge in [0.1, 0.15) is 0 Å². The van der Waals surface area contributed by atoms with Gasteiger partial charge in [-0.25, -0.2) is 0 Å². The molecule has 0 fully saturated rings. The third-order valence-electron chi connectivity index (χ3n) is 2.82. The highest BCUT2D eigenvalue weighted by atomic mass is 79.9. The smallest absolute Gasteiger partial charge is 0.231 e. The van der Waals surface area contributed by atoms with Crippen LogP contribution in [0.1, 0.15) is 37.8 Å². The predicted octanol–water partition coefficient (Wildman–Crippen LogP) is 3.22. The van der Waals surface area contributed by atoms with E-state index >= 15 is 0 Å². The molecular formula is C13H17BrO3. The Bertz CT molecular complexity index is 427. The summed E-state index contributed by atoms with van der Waals surface area (Å²) in [5, 5.41) is 9.56. The van der Waals surface area contributed by atoms with Crippen LogP contribution in [0.2, 0.25) is 0 Å². The second kappa shape index (κ2) is 4.86. The molecule has 0 amide bonds. The number of aliphatic hydroxyl groups excluding tert-OH is 1. The van der Waals surface area contributed by atoms with Gasteiger partial charge in [0.05, 0.1) is 10.6 Å². The number of hydrogen-bond donors (Lipinski definition) is 1. The average molecular weight is 301 g/mol. The van der Waals surface area contributed by atoms with E-state index in [1.54, 1.807) is 6.92 Å². The van der Waals surface area contributed by atoms with Gasteiger partial charge >= 0.3 is 0 Å². The first-order valence-electron chi connectivity index (χ1n) is 5.79. The molecule has 0 spiro atoms. The molecule has 0 saturated carbocycles. The van der Waals surface area contributed by atoms with Gasteiger partial charge in [-0.2, -0.15) is 0 Å². The van der Waals surface area contributed by atoms with Crippen LogP contribution in [0.3, 0.4) is 0 Å². The van der Waals surface area contributed by atoms with Gasteiger partial charge in [0.25, 0.3) is 0 Å². The first kappa shape index (κ1) is 12.7. The van der Waals surface area contributed by atoms with Crippen LogP contribution in [-0.4, -0.2) is 18.0 Å². The number of hydrogen-bond acceptors (Lipinski definition) is 3. The van der Waals surface area contributed by atoms with Gasteiger partial charge < -0.3 is 14.6 Å². The summed E-state index contributed by atoms with van der Waals surface area (Å²) in [5.41, 5.74) is 2.31. The minimum absolute atomic E-state index is 0.267. The molecule has 1 aliphatic rings. The molecule has 1 aliphatic heterocycles. The predicted molar refractivity (Wildman–Crippen MR) is 69.7 cm³/mol. The molecule has 94 valence electrons. The summed E-state index contributed by atoms with van der Waals surface area (Å²) in [6.07, 6.45) is 0.266. The molecule has 0 bridgehead atoms. The summed E-state index contributed by atoms with van der Waals surface area (Å²) in [7, 11) is 0. The monoisotopic (exact) mass is 300 g/mol. The zero-order chi connectivity index (χ0) is 12.6. The van der Waals surface area contributed by atoms with Crippen LogP contribution in [0.5, 0.6) is 11.5 Å². The number of halogens is 1. The molecule has 1 N–H and O–H groups in total. The lowest BCUT2D eigenvalue weighted by Gasteiger charge is -2.17. The van der Waals surface area contributed by atoms with E-state index < -0.39 is 0 Å². The number of benzene rings is 1. The van der Waals surface area contributed by atoms with Crippen LogP contribution in [0.4, 0.5) is 0 Å². The molecule has 0 aromatic heterocycles. The zero-order valence-electron chi connectivity index (χ0n) is 10.3. The highest BCUT2D eigenvalue weighted by Crippen LogP contribution is 2.45. The average Bonchev–Trinajstić information content (AvgIpc) is 2.64. The Morgan fingerprint density at radius 2 is 2.06 bits per heavy atom. The van der Waals surface area contributed by atoms with Crippen molar-refractivity contribution < 1.29 is 14.6 Å². The molecule has 4 heteroatoms. The maximum absolute atomic E-state index is 9.56. The highest BCUT2D eigenvalue weighted by Gasteiger charge is 2.24. The van der Waals surface area contributed by atoms with Gasteiger partial charge in [-0.1, -0.05) is 13.8 Å². The van der Waals surface area contributed by atoms with Crippen molar-refractivity contribution in [3.8, 4) is 11.5 Å². The molecule has 0 aliphatic carbocycles. The van der Waals surface area contributed by atoms with Crippen LogP contribution >= 0.6 is 15.9 Å². The van der Waals surface area contributed by atoms with Crippen molar-refractivity contribution in [3.05, 3.63) is 21.7 Å². The zero-order valence-corrected chi connectivity index (χ0v) is 11.9. The summed E-state index contributed by atoms with van der Waals surface area (Å²) < 4.78 is 11.8. The van der Waals surface area contributed by atoms with Gasteiger partial charge in [-0.15, -0.1) is 0 Å². The van der Waals surface area contributed by atoms with Gasteiger partial charge in [0.15, 0.2) is 11.5 Å². The number of aliphatic hydroxyl groups is 1. The molecule has 1 atom stereocenters. The lowest BCUT2D eigenvalue weighted by molar-refractivity contribution is 0.173. The molecule has 1 aromatic rings. The van der Waals surface area contributed by atoms with Crippen LogP contribution in [0.25, 0.3) is 0 Å². The Balaban J connectivity index is 2.53. The minimum atomic E-state index is -0.361. The van der Waals surface area contributed by atoms with Crippen molar-refractivity contribution in [1.82, 2.24) is 0 Å². The van der Waals surface area contributed by atoms with E-state index in [1.807, 2.05) is 6.07 Å². The van der Waals surface area contributed by atoms with Gasteiger partial charge in [0, 0.05) is 0 Å². The largest absolute Gasteiger partial charge is 0.454 e. The van der Waals surface area contributed by atoms with Crippen molar-refractivity contribution >= 4 is 15.9 Å². The number of fused-ring (bicyclic) bond motifs is 1. The molecule has 0 radical (unpaired) electrons. The van der Waals surface area contributed by atoms with E-state index in [-0.39, 0.29) is 12.9 Å². The summed E-state index contributed by atoms with van der Waals surface area (Å²) in [4.78, 5) is 0. The Hall–Kier alpha value is -0.740. The maximum atomic E-state index is 9.56. The van der Waals surface area contributed by atoms with Gasteiger partial charge in [-0.3, -0.25) is 0 Å². The molecule has 3 nitrogen and oxygen atoms in total. The highest BCUT2D eigenvalue weighted by molar-refractivity contribution is 9.10. The summed E-state index contributed by atoms with van der Waals surface area (Å²) in [6.45, 7) is 6.33. The van der Waals surface area contributed by atoms with E-state index in [4.69, 9.17) is 9.47 Å². The van der Waals surface area contributed by atoms with Crippen LogP contribution in [0, 0.1) is 0 Å². The van der Waals surface area contributed by atoms with Crippen LogP contribution < -0.4 is 9.47 Å². The molecular weight excluding hydrogens is 284 g/mol. The van der Waals surface area contributed by atoms with E-state index in [1.165, 1.54) is 5.56 Å². The van der Waals surface area contributed by atoms with Crippen LogP contribution in [0.15, 0.2) is 10.5 Å². The topological polar surface area (TPSA) is 38.7 Å². The summed E-state index contributed by atoms with van der Waals surface area (Å²) in [5.74, 6) is 1.91. The third kappa shape index (κ3) is 2.43. The quantitative estimate of drug-likeness (QED) is 0.931. The van der Waals surface area contributed by atoms with Crippen molar-refractivity contribution in [2.75, 3.05) is 6.79 Å². The fraction of sp³-hybridized carbons (Fsp3) is 0.538. The van der Waals surface area contributed by atoms with Crippen molar-refractivity contribution in [3.63, 3.8) is 0 Å². The Labute approximate surface area is 110 Å². The first-order chi connectivity index (χ1) is 8.00. The second-order valence-corrected chi connectivity index (χ2v) is 5.50. The first-order valence-corrected chi connectivity index (χ1v) is 6.59. The fourth-order valence-corrected chi connectivity index (χ4v) is 3.20. The van der Waals surface area contributed by atoms with Crippen LogP contribution in [-0.2, 0) is 6.42 Å². The third-order valence-corrected chi connectivity index (χ3v) is 3.61. The number of ether oxygens (including phenoxy) is 2. The Kier molecular flexibility index (Phi) is 3.64. The number of rotatable bonds is 3.